The Bertz CT molecular complexity index is 504. The molecule has 2 unspecified atom stereocenters. The molecule has 2 nitrogen and oxygen atoms in total. The van der Waals surface area contributed by atoms with Gasteiger partial charge in [-0.2, -0.15) is 13.2 Å². The molecule has 1 aliphatic carbocycles. The molecule has 1 aromatic carbocycles. The van der Waals surface area contributed by atoms with Crippen molar-refractivity contribution >= 4 is 21.8 Å². The van der Waals surface area contributed by atoms with Gasteiger partial charge in [0.25, 0.3) is 5.91 Å². The highest BCUT2D eigenvalue weighted by molar-refractivity contribution is 9.09. The first-order valence-corrected chi connectivity index (χ1v) is 8.06. The van der Waals surface area contributed by atoms with E-state index >= 15 is 0 Å². The molecule has 1 N–H and O–H groups in total. The number of rotatable bonds is 4. The van der Waals surface area contributed by atoms with Gasteiger partial charge in [0.15, 0.2) is 0 Å². The topological polar surface area (TPSA) is 29.1 Å². The summed E-state index contributed by atoms with van der Waals surface area (Å²) in [6.07, 6.45) is -1.29. The maximum atomic E-state index is 12.9. The molecular formula is C15H17BrF3NO. The minimum absolute atomic E-state index is 0.307. The summed E-state index contributed by atoms with van der Waals surface area (Å²) in [7, 11) is 0. The predicted molar refractivity (Wildman–Crippen MR) is 78.4 cm³/mol. The number of carbonyl (C=O) groups is 1. The second-order valence-electron chi connectivity index (χ2n) is 5.36. The fraction of sp³-hybridized carbons (Fsp3) is 0.533. The van der Waals surface area contributed by atoms with Gasteiger partial charge in [-0.25, -0.2) is 0 Å². The number of hydrogen-bond donors (Lipinski definition) is 1. The monoisotopic (exact) mass is 363 g/mol. The summed E-state index contributed by atoms with van der Waals surface area (Å²) in [6.45, 7) is 0.432. The summed E-state index contributed by atoms with van der Waals surface area (Å²) >= 11 is 3.44. The van der Waals surface area contributed by atoms with Crippen LogP contribution >= 0.6 is 15.9 Å². The summed E-state index contributed by atoms with van der Waals surface area (Å²) in [6, 6.07) is 4.89. The van der Waals surface area contributed by atoms with Crippen LogP contribution in [0, 0.1) is 11.8 Å². The van der Waals surface area contributed by atoms with Crippen LogP contribution in [0.4, 0.5) is 13.2 Å². The minimum Gasteiger partial charge on any atom is -0.352 e. The first kappa shape index (κ1) is 16.3. The molecule has 1 saturated carbocycles. The van der Waals surface area contributed by atoms with Crippen molar-refractivity contribution in [1.82, 2.24) is 5.32 Å². The molecule has 0 heterocycles. The third-order valence-electron chi connectivity index (χ3n) is 4.02. The predicted octanol–water partition coefficient (Wildman–Crippen LogP) is 4.25. The van der Waals surface area contributed by atoms with Crippen molar-refractivity contribution in [1.29, 1.82) is 0 Å². The van der Waals surface area contributed by atoms with E-state index in [4.69, 9.17) is 0 Å². The lowest BCUT2D eigenvalue weighted by Crippen LogP contribution is -2.32. The van der Waals surface area contributed by atoms with Crippen molar-refractivity contribution in [3.63, 3.8) is 0 Å². The largest absolute Gasteiger partial charge is 0.417 e. The molecule has 0 saturated heterocycles. The van der Waals surface area contributed by atoms with Gasteiger partial charge in [0.05, 0.1) is 11.1 Å². The van der Waals surface area contributed by atoms with Crippen LogP contribution < -0.4 is 5.32 Å². The summed E-state index contributed by atoms with van der Waals surface area (Å²) in [5.74, 6) is 0.178. The van der Waals surface area contributed by atoms with E-state index in [1.54, 1.807) is 0 Å². The molecule has 0 aliphatic heterocycles. The molecule has 0 bridgehead atoms. The average Bonchev–Trinajstić information content (AvgIpc) is 2.91. The van der Waals surface area contributed by atoms with Crippen molar-refractivity contribution in [3.05, 3.63) is 35.4 Å². The van der Waals surface area contributed by atoms with Gasteiger partial charge in [0, 0.05) is 11.9 Å². The van der Waals surface area contributed by atoms with Crippen LogP contribution in [0.1, 0.15) is 35.2 Å². The highest BCUT2D eigenvalue weighted by Crippen LogP contribution is 2.33. The number of halogens is 4. The van der Waals surface area contributed by atoms with Crippen LogP contribution in [-0.2, 0) is 6.18 Å². The summed E-state index contributed by atoms with van der Waals surface area (Å²) in [5, 5.41) is 3.53. The Labute approximate surface area is 130 Å². The van der Waals surface area contributed by atoms with Gasteiger partial charge >= 0.3 is 6.18 Å². The molecule has 1 amide bonds. The summed E-state index contributed by atoms with van der Waals surface area (Å²) in [5.41, 5.74) is -1.19. The van der Waals surface area contributed by atoms with Gasteiger partial charge in [0.1, 0.15) is 0 Å². The van der Waals surface area contributed by atoms with E-state index in [-0.39, 0.29) is 5.56 Å². The first-order valence-electron chi connectivity index (χ1n) is 6.94. The summed E-state index contributed by atoms with van der Waals surface area (Å²) < 4.78 is 38.6. The van der Waals surface area contributed by atoms with Crippen molar-refractivity contribution < 1.29 is 18.0 Å². The molecule has 21 heavy (non-hydrogen) atoms. The second-order valence-corrected chi connectivity index (χ2v) is 6.01. The molecule has 2 rings (SSSR count). The molecule has 1 fully saturated rings. The molecule has 2 atom stereocenters. The Balaban J connectivity index is 2.04. The van der Waals surface area contributed by atoms with Gasteiger partial charge in [0.2, 0.25) is 0 Å². The number of amides is 1. The molecule has 1 aliphatic rings. The number of alkyl halides is 4. The van der Waals surface area contributed by atoms with E-state index in [1.807, 2.05) is 0 Å². The average molecular weight is 364 g/mol. The molecule has 1 aromatic rings. The van der Waals surface area contributed by atoms with E-state index in [0.717, 1.165) is 30.7 Å². The van der Waals surface area contributed by atoms with Gasteiger partial charge in [-0.15, -0.1) is 0 Å². The zero-order valence-electron chi connectivity index (χ0n) is 11.4. The SMILES string of the molecule is O=C(NCC1CCCC1CBr)c1ccccc1C(F)(F)F. The van der Waals surface area contributed by atoms with Gasteiger partial charge in [-0.1, -0.05) is 34.5 Å². The Morgan fingerprint density at radius 1 is 1.24 bits per heavy atom. The van der Waals surface area contributed by atoms with Crippen LogP contribution in [0.15, 0.2) is 24.3 Å². The smallest absolute Gasteiger partial charge is 0.352 e. The van der Waals surface area contributed by atoms with Crippen molar-refractivity contribution in [2.75, 3.05) is 11.9 Å². The highest BCUT2D eigenvalue weighted by Gasteiger charge is 2.35. The second kappa shape index (κ2) is 6.81. The van der Waals surface area contributed by atoms with Crippen LogP contribution in [-0.4, -0.2) is 17.8 Å². The zero-order chi connectivity index (χ0) is 15.5. The van der Waals surface area contributed by atoms with Gasteiger partial charge < -0.3 is 5.32 Å². The van der Waals surface area contributed by atoms with E-state index in [0.29, 0.717) is 18.4 Å². The molecule has 0 aromatic heterocycles. The van der Waals surface area contributed by atoms with Crippen molar-refractivity contribution in [2.45, 2.75) is 25.4 Å². The highest BCUT2D eigenvalue weighted by atomic mass is 79.9. The Hall–Kier alpha value is -1.04. The Morgan fingerprint density at radius 3 is 2.57 bits per heavy atom. The standard InChI is InChI=1S/C15H17BrF3NO/c16-8-10-4-3-5-11(10)9-20-14(21)12-6-1-2-7-13(12)15(17,18)19/h1-2,6-7,10-11H,3-5,8-9H2,(H,20,21). The zero-order valence-corrected chi connectivity index (χ0v) is 13.0. The van der Waals surface area contributed by atoms with Crippen molar-refractivity contribution in [2.24, 2.45) is 11.8 Å². The van der Waals surface area contributed by atoms with Crippen molar-refractivity contribution in [3.8, 4) is 0 Å². The normalized spacial score (nSPS) is 22.3. The number of hydrogen-bond acceptors (Lipinski definition) is 1. The molecule has 116 valence electrons. The molecule has 0 spiro atoms. The van der Waals surface area contributed by atoms with Gasteiger partial charge in [-0.3, -0.25) is 4.79 Å². The lowest BCUT2D eigenvalue weighted by molar-refractivity contribution is -0.137. The fourth-order valence-electron chi connectivity index (χ4n) is 2.83. The van der Waals surface area contributed by atoms with E-state index in [2.05, 4.69) is 21.2 Å². The van der Waals surface area contributed by atoms with Crippen LogP contribution in [0.2, 0.25) is 0 Å². The Morgan fingerprint density at radius 2 is 1.90 bits per heavy atom. The number of nitrogens with one attached hydrogen (secondary N) is 1. The number of carbonyl (C=O) groups excluding carboxylic acids is 1. The third-order valence-corrected chi connectivity index (χ3v) is 4.85. The summed E-state index contributed by atoms with van der Waals surface area (Å²) in [4.78, 5) is 12.0. The number of benzene rings is 1. The van der Waals surface area contributed by atoms with Crippen LogP contribution in [0.25, 0.3) is 0 Å². The molecule has 6 heteroatoms. The fourth-order valence-corrected chi connectivity index (χ4v) is 3.69. The lowest BCUT2D eigenvalue weighted by atomic mass is 9.98. The quantitative estimate of drug-likeness (QED) is 0.796. The van der Waals surface area contributed by atoms with E-state index in [9.17, 15) is 18.0 Å². The van der Waals surface area contributed by atoms with E-state index < -0.39 is 17.6 Å². The lowest BCUT2D eigenvalue weighted by Gasteiger charge is -2.18. The first-order chi connectivity index (χ1) is 9.93. The van der Waals surface area contributed by atoms with E-state index in [1.165, 1.54) is 18.2 Å². The molecule has 0 radical (unpaired) electrons. The Kier molecular flexibility index (Phi) is 5.30. The maximum Gasteiger partial charge on any atom is 0.417 e. The van der Waals surface area contributed by atoms with Gasteiger partial charge in [-0.05, 0) is 36.8 Å². The maximum absolute atomic E-state index is 12.9. The molecular weight excluding hydrogens is 347 g/mol. The minimum atomic E-state index is -4.51. The van der Waals surface area contributed by atoms with Crippen LogP contribution in [0.3, 0.4) is 0 Å². The van der Waals surface area contributed by atoms with Crippen LogP contribution in [0.5, 0.6) is 0 Å². The third kappa shape index (κ3) is 3.99.